The van der Waals surface area contributed by atoms with Gasteiger partial charge >= 0.3 is 0 Å². The van der Waals surface area contributed by atoms with Gasteiger partial charge in [-0.2, -0.15) is 0 Å². The summed E-state index contributed by atoms with van der Waals surface area (Å²) in [4.78, 5) is 4.78. The predicted octanol–water partition coefficient (Wildman–Crippen LogP) is 3.26. The Morgan fingerprint density at radius 2 is 1.95 bits per heavy atom. The number of imidazole rings is 1. The minimum atomic E-state index is 0.286. The topological polar surface area (TPSA) is 43.8 Å². The van der Waals surface area contributed by atoms with Crippen LogP contribution in [0.1, 0.15) is 43.1 Å². The van der Waals surface area contributed by atoms with Crippen LogP contribution in [0.15, 0.2) is 24.3 Å². The van der Waals surface area contributed by atoms with E-state index in [1.54, 1.807) is 0 Å². The van der Waals surface area contributed by atoms with Gasteiger partial charge in [0.1, 0.15) is 5.82 Å². The molecule has 1 aliphatic heterocycles. The average molecular weight is 269 g/mol. The predicted molar refractivity (Wildman–Crippen MR) is 82.8 cm³/mol. The molecule has 1 atom stereocenters. The number of hydrogen-bond acceptors (Lipinski definition) is 2. The summed E-state index contributed by atoms with van der Waals surface area (Å²) in [6.07, 6.45) is 1.99. The molecule has 20 heavy (non-hydrogen) atoms. The molecule has 0 fully saturated rings. The van der Waals surface area contributed by atoms with E-state index in [-0.39, 0.29) is 6.04 Å². The molecule has 0 spiro atoms. The van der Waals surface area contributed by atoms with E-state index in [9.17, 15) is 0 Å². The maximum Gasteiger partial charge on any atom is 0.140 e. The summed E-state index contributed by atoms with van der Waals surface area (Å²) < 4.78 is 2.35. The van der Waals surface area contributed by atoms with Crippen molar-refractivity contribution in [3.8, 4) is 11.4 Å². The number of rotatable bonds is 2. The lowest BCUT2D eigenvalue weighted by Gasteiger charge is -2.22. The van der Waals surface area contributed by atoms with Crippen molar-refractivity contribution in [3.63, 3.8) is 0 Å². The van der Waals surface area contributed by atoms with Crippen LogP contribution in [0, 0.1) is 6.92 Å². The quantitative estimate of drug-likeness (QED) is 0.909. The smallest absolute Gasteiger partial charge is 0.140 e. The molecule has 0 aliphatic carbocycles. The first-order chi connectivity index (χ1) is 9.56. The molecule has 3 heteroatoms. The first-order valence-corrected chi connectivity index (χ1v) is 7.48. The fourth-order valence-corrected chi connectivity index (χ4v) is 2.99. The molecule has 2 heterocycles. The Hall–Kier alpha value is -1.61. The van der Waals surface area contributed by atoms with Crippen molar-refractivity contribution in [1.82, 2.24) is 9.55 Å². The largest absolute Gasteiger partial charge is 0.328 e. The third kappa shape index (κ3) is 2.27. The molecule has 1 unspecified atom stereocenters. The van der Waals surface area contributed by atoms with Gasteiger partial charge in [-0.05, 0) is 24.8 Å². The van der Waals surface area contributed by atoms with Gasteiger partial charge in [0.2, 0.25) is 0 Å². The van der Waals surface area contributed by atoms with Crippen LogP contribution in [0.4, 0.5) is 0 Å². The second-order valence-corrected chi connectivity index (χ2v) is 6.15. The van der Waals surface area contributed by atoms with Gasteiger partial charge in [0.25, 0.3) is 0 Å². The zero-order valence-corrected chi connectivity index (χ0v) is 12.6. The number of nitrogens with two attached hydrogens (primary N) is 1. The number of fused-ring (bicyclic) bond motifs is 1. The van der Waals surface area contributed by atoms with Crippen LogP contribution in [-0.2, 0) is 13.0 Å². The molecule has 2 aromatic rings. The van der Waals surface area contributed by atoms with Crippen LogP contribution >= 0.6 is 0 Å². The number of nitrogens with zero attached hydrogens (tertiary/aromatic N) is 2. The van der Waals surface area contributed by atoms with Crippen LogP contribution in [-0.4, -0.2) is 15.6 Å². The number of benzene rings is 1. The molecule has 1 aliphatic rings. The second kappa shape index (κ2) is 5.06. The van der Waals surface area contributed by atoms with Gasteiger partial charge in [-0.3, -0.25) is 0 Å². The molecule has 2 N–H and O–H groups in total. The first kappa shape index (κ1) is 13.4. The second-order valence-electron chi connectivity index (χ2n) is 6.15. The van der Waals surface area contributed by atoms with E-state index in [0.717, 1.165) is 30.9 Å². The summed E-state index contributed by atoms with van der Waals surface area (Å²) in [5.74, 6) is 1.66. The molecule has 0 bridgehead atoms. The number of hydrogen-bond donors (Lipinski definition) is 1. The molecule has 0 saturated carbocycles. The van der Waals surface area contributed by atoms with Gasteiger partial charge in [-0.1, -0.05) is 38.1 Å². The summed E-state index contributed by atoms with van der Waals surface area (Å²) in [5.41, 5.74) is 11.1. The van der Waals surface area contributed by atoms with Crippen molar-refractivity contribution < 1.29 is 0 Å². The van der Waals surface area contributed by atoms with Crippen LogP contribution in [0.2, 0.25) is 0 Å². The Morgan fingerprint density at radius 3 is 2.60 bits per heavy atom. The first-order valence-electron chi connectivity index (χ1n) is 7.48. The van der Waals surface area contributed by atoms with E-state index in [1.165, 1.54) is 16.8 Å². The molecule has 3 nitrogen and oxygen atoms in total. The lowest BCUT2D eigenvalue weighted by atomic mass is 10.0. The van der Waals surface area contributed by atoms with E-state index < -0.39 is 0 Å². The minimum absolute atomic E-state index is 0.286. The fourth-order valence-electron chi connectivity index (χ4n) is 2.99. The van der Waals surface area contributed by atoms with Gasteiger partial charge in [-0.25, -0.2) is 4.98 Å². The van der Waals surface area contributed by atoms with Crippen molar-refractivity contribution in [2.75, 3.05) is 0 Å². The van der Waals surface area contributed by atoms with Crippen LogP contribution < -0.4 is 5.73 Å². The summed E-state index contributed by atoms with van der Waals surface area (Å²) in [7, 11) is 0. The van der Waals surface area contributed by atoms with E-state index in [0.29, 0.717) is 5.92 Å². The molecule has 0 amide bonds. The Bertz CT molecular complexity index is 608. The highest BCUT2D eigenvalue weighted by atomic mass is 15.1. The lowest BCUT2D eigenvalue weighted by Crippen LogP contribution is -2.31. The third-order valence-electron chi connectivity index (χ3n) is 4.29. The third-order valence-corrected chi connectivity index (χ3v) is 4.29. The summed E-state index contributed by atoms with van der Waals surface area (Å²) in [6, 6.07) is 9.10. The Morgan fingerprint density at radius 1 is 1.25 bits per heavy atom. The van der Waals surface area contributed by atoms with Gasteiger partial charge < -0.3 is 10.3 Å². The highest BCUT2D eigenvalue weighted by Crippen LogP contribution is 2.28. The summed E-state index contributed by atoms with van der Waals surface area (Å²) in [5, 5.41) is 0. The van der Waals surface area contributed by atoms with Crippen LogP contribution in [0.5, 0.6) is 0 Å². The van der Waals surface area contributed by atoms with Gasteiger partial charge in [0.15, 0.2) is 0 Å². The maximum absolute atomic E-state index is 6.08. The average Bonchev–Trinajstić information content (AvgIpc) is 2.76. The summed E-state index contributed by atoms with van der Waals surface area (Å²) in [6.45, 7) is 7.52. The van der Waals surface area contributed by atoms with Gasteiger partial charge in [-0.15, -0.1) is 0 Å². The molecule has 1 aromatic carbocycles. The highest BCUT2D eigenvalue weighted by Gasteiger charge is 2.22. The SMILES string of the molecule is Cc1nc(-c2ccc(C(C)C)cc2)n2c1CC(N)CC2. The monoisotopic (exact) mass is 269 g/mol. The molecule has 1 aromatic heterocycles. The molecule has 0 radical (unpaired) electrons. The zero-order valence-electron chi connectivity index (χ0n) is 12.6. The van der Waals surface area contributed by atoms with E-state index in [2.05, 4.69) is 49.6 Å². The van der Waals surface area contributed by atoms with Gasteiger partial charge in [0.05, 0.1) is 5.69 Å². The Kier molecular flexibility index (Phi) is 3.38. The highest BCUT2D eigenvalue weighted by molar-refractivity contribution is 5.58. The van der Waals surface area contributed by atoms with Crippen LogP contribution in [0.25, 0.3) is 11.4 Å². The zero-order chi connectivity index (χ0) is 14.3. The maximum atomic E-state index is 6.08. The lowest BCUT2D eigenvalue weighted by molar-refractivity contribution is 0.473. The van der Waals surface area contributed by atoms with Crippen molar-refractivity contribution in [3.05, 3.63) is 41.2 Å². The Balaban J connectivity index is 2.00. The summed E-state index contributed by atoms with van der Waals surface area (Å²) >= 11 is 0. The van der Waals surface area contributed by atoms with Crippen molar-refractivity contribution >= 4 is 0 Å². The van der Waals surface area contributed by atoms with E-state index >= 15 is 0 Å². The molecule has 3 rings (SSSR count). The van der Waals surface area contributed by atoms with Gasteiger partial charge in [0, 0.05) is 30.3 Å². The van der Waals surface area contributed by atoms with Crippen molar-refractivity contribution in [2.45, 2.75) is 52.1 Å². The van der Waals surface area contributed by atoms with E-state index in [1.807, 2.05) is 0 Å². The van der Waals surface area contributed by atoms with Crippen molar-refractivity contribution in [1.29, 1.82) is 0 Å². The fraction of sp³-hybridized carbons (Fsp3) is 0.471. The number of aromatic nitrogens is 2. The molecular formula is C17H23N3. The molecular weight excluding hydrogens is 246 g/mol. The van der Waals surface area contributed by atoms with Crippen LogP contribution in [0.3, 0.4) is 0 Å². The molecule has 106 valence electrons. The number of aryl methyl sites for hydroxylation is 1. The normalized spacial score (nSPS) is 18.4. The minimum Gasteiger partial charge on any atom is -0.328 e. The van der Waals surface area contributed by atoms with E-state index in [4.69, 9.17) is 10.7 Å². The standard InChI is InChI=1S/C17H23N3/c1-11(2)13-4-6-14(7-5-13)17-19-12(3)16-10-15(18)8-9-20(16)17/h4-7,11,15H,8-10,18H2,1-3H3. The van der Waals surface area contributed by atoms with Crippen molar-refractivity contribution in [2.24, 2.45) is 5.73 Å². The molecule has 0 saturated heterocycles. The Labute approximate surface area is 120 Å².